The fourth-order valence-corrected chi connectivity index (χ4v) is 8.02. The first-order valence-corrected chi connectivity index (χ1v) is 31.6. The highest BCUT2D eigenvalue weighted by molar-refractivity contribution is 5.71. The Kier molecular flexibility index (Phi) is 61.0. The Bertz CT molecular complexity index is 1820. The molecule has 0 saturated carbocycles. The van der Waals surface area contributed by atoms with Crippen LogP contribution in [0, 0.1) is 0 Å². The lowest BCUT2D eigenvalue weighted by atomic mass is 10.1. The molecule has 0 aromatic carbocycles. The Labute approximate surface area is 485 Å². The topological polar surface area (TPSA) is 78.9 Å². The van der Waals surface area contributed by atoms with Gasteiger partial charge in [-0.25, -0.2) is 0 Å². The summed E-state index contributed by atoms with van der Waals surface area (Å²) in [5.41, 5.74) is 0. The second-order valence-corrected chi connectivity index (χ2v) is 20.2. The predicted octanol–water partition coefficient (Wildman–Crippen LogP) is 21.9. The van der Waals surface area contributed by atoms with Crippen LogP contribution in [-0.4, -0.2) is 37.2 Å². The van der Waals surface area contributed by atoms with Crippen molar-refractivity contribution in [3.05, 3.63) is 170 Å². The monoisotopic (exact) mass is 1090 g/mol. The van der Waals surface area contributed by atoms with Gasteiger partial charge in [0.25, 0.3) is 0 Å². The molecule has 0 aromatic rings. The largest absolute Gasteiger partial charge is 0.462 e. The van der Waals surface area contributed by atoms with Gasteiger partial charge in [-0.3, -0.25) is 14.4 Å². The van der Waals surface area contributed by atoms with Crippen molar-refractivity contribution in [3.8, 4) is 0 Å². The molecule has 442 valence electrons. The van der Waals surface area contributed by atoms with Crippen molar-refractivity contribution < 1.29 is 28.6 Å². The van der Waals surface area contributed by atoms with Crippen LogP contribution in [0.3, 0.4) is 0 Å². The zero-order valence-electron chi connectivity index (χ0n) is 50.6. The van der Waals surface area contributed by atoms with E-state index in [0.29, 0.717) is 19.3 Å². The molecule has 1 atom stereocenters. The van der Waals surface area contributed by atoms with E-state index in [9.17, 15) is 14.4 Å². The summed E-state index contributed by atoms with van der Waals surface area (Å²) in [4.78, 5) is 38.3. The quantitative estimate of drug-likeness (QED) is 0.0261. The summed E-state index contributed by atoms with van der Waals surface area (Å²) < 4.78 is 16.8. The normalized spacial score (nSPS) is 13.3. The summed E-state index contributed by atoms with van der Waals surface area (Å²) in [7, 11) is 0. The van der Waals surface area contributed by atoms with E-state index in [1.807, 2.05) is 0 Å². The Morgan fingerprint density at radius 3 is 0.823 bits per heavy atom. The lowest BCUT2D eigenvalue weighted by Gasteiger charge is -2.18. The van der Waals surface area contributed by atoms with Crippen LogP contribution in [0.5, 0.6) is 0 Å². The molecule has 0 heterocycles. The van der Waals surface area contributed by atoms with Crippen molar-refractivity contribution in [3.63, 3.8) is 0 Å². The molecule has 6 nitrogen and oxygen atoms in total. The minimum atomic E-state index is -0.823. The maximum absolute atomic E-state index is 12.9. The first kappa shape index (κ1) is 73.8. The van der Waals surface area contributed by atoms with Gasteiger partial charge in [-0.15, -0.1) is 0 Å². The van der Waals surface area contributed by atoms with E-state index < -0.39 is 6.10 Å². The van der Waals surface area contributed by atoms with Crippen molar-refractivity contribution in [2.75, 3.05) is 13.2 Å². The van der Waals surface area contributed by atoms with E-state index >= 15 is 0 Å². The first-order valence-electron chi connectivity index (χ1n) is 31.6. The Morgan fingerprint density at radius 2 is 0.506 bits per heavy atom. The fourth-order valence-electron chi connectivity index (χ4n) is 8.02. The van der Waals surface area contributed by atoms with Crippen LogP contribution in [0.4, 0.5) is 0 Å². The van der Waals surface area contributed by atoms with Gasteiger partial charge in [0.05, 0.1) is 0 Å². The summed E-state index contributed by atoms with van der Waals surface area (Å²) in [6.45, 7) is 6.31. The minimum Gasteiger partial charge on any atom is -0.462 e. The lowest BCUT2D eigenvalue weighted by Crippen LogP contribution is -2.30. The number of ether oxygens (including phenoxy) is 3. The number of unbranched alkanes of at least 4 members (excludes halogenated alkanes) is 16. The van der Waals surface area contributed by atoms with Gasteiger partial charge in [0.1, 0.15) is 13.2 Å². The van der Waals surface area contributed by atoms with Gasteiger partial charge in [-0.05, 0) is 148 Å². The van der Waals surface area contributed by atoms with Gasteiger partial charge in [-0.1, -0.05) is 255 Å². The zero-order valence-corrected chi connectivity index (χ0v) is 50.6. The highest BCUT2D eigenvalue weighted by Crippen LogP contribution is 2.13. The average molecular weight is 1090 g/mol. The highest BCUT2D eigenvalue weighted by atomic mass is 16.6. The molecule has 0 radical (unpaired) electrons. The van der Waals surface area contributed by atoms with Crippen LogP contribution in [-0.2, 0) is 28.6 Å². The van der Waals surface area contributed by atoms with E-state index in [1.165, 1.54) is 44.9 Å². The van der Waals surface area contributed by atoms with Crippen LogP contribution < -0.4 is 0 Å². The molecule has 0 bridgehead atoms. The summed E-state index contributed by atoms with van der Waals surface area (Å²) >= 11 is 0. The minimum absolute atomic E-state index is 0.115. The number of carbonyl (C=O) groups excluding carboxylic acids is 3. The molecule has 0 saturated heterocycles. The molecule has 79 heavy (non-hydrogen) atoms. The van der Waals surface area contributed by atoms with E-state index in [0.717, 1.165) is 161 Å². The van der Waals surface area contributed by atoms with Gasteiger partial charge in [-0.2, -0.15) is 0 Å². The number of allylic oxidation sites excluding steroid dienone is 28. The number of esters is 3. The van der Waals surface area contributed by atoms with Gasteiger partial charge >= 0.3 is 17.9 Å². The second kappa shape index (κ2) is 65.3. The molecular weight excluding hydrogens is 973 g/mol. The number of carbonyl (C=O) groups is 3. The molecule has 0 aromatic heterocycles. The molecule has 1 unspecified atom stereocenters. The molecule has 0 fully saturated rings. The first-order chi connectivity index (χ1) is 39.0. The average Bonchev–Trinajstić information content (AvgIpc) is 3.45. The summed E-state index contributed by atoms with van der Waals surface area (Å²) in [5.74, 6) is -1.01. The Balaban J connectivity index is 4.50. The van der Waals surface area contributed by atoms with Crippen LogP contribution in [0.15, 0.2) is 170 Å². The van der Waals surface area contributed by atoms with Crippen LogP contribution in [0.2, 0.25) is 0 Å². The molecular formula is C73H114O6. The molecule has 0 aliphatic carbocycles. The van der Waals surface area contributed by atoms with E-state index in [1.54, 1.807) is 0 Å². The summed E-state index contributed by atoms with van der Waals surface area (Å²) in [6.07, 6.45) is 96.4. The second-order valence-electron chi connectivity index (χ2n) is 20.2. The number of hydrogen-bond donors (Lipinski definition) is 0. The maximum Gasteiger partial charge on any atom is 0.306 e. The third-order valence-electron chi connectivity index (χ3n) is 12.7. The van der Waals surface area contributed by atoms with Crippen molar-refractivity contribution in [1.29, 1.82) is 0 Å². The highest BCUT2D eigenvalue weighted by Gasteiger charge is 2.19. The van der Waals surface area contributed by atoms with Crippen LogP contribution >= 0.6 is 0 Å². The van der Waals surface area contributed by atoms with Crippen molar-refractivity contribution in [2.24, 2.45) is 0 Å². The van der Waals surface area contributed by atoms with Crippen LogP contribution in [0.1, 0.15) is 252 Å². The van der Waals surface area contributed by atoms with Crippen molar-refractivity contribution >= 4 is 17.9 Å². The predicted molar refractivity (Wildman–Crippen MR) is 343 cm³/mol. The molecule has 0 rings (SSSR count). The third kappa shape index (κ3) is 63.5. The molecule has 6 heteroatoms. The van der Waals surface area contributed by atoms with E-state index in [2.05, 4.69) is 191 Å². The van der Waals surface area contributed by atoms with Crippen LogP contribution in [0.25, 0.3) is 0 Å². The van der Waals surface area contributed by atoms with Gasteiger partial charge in [0.2, 0.25) is 0 Å². The molecule has 0 aliphatic rings. The summed E-state index contributed by atoms with van der Waals surface area (Å²) in [5, 5.41) is 0. The molecule has 0 aliphatic heterocycles. The Hall–Kier alpha value is -5.23. The Morgan fingerprint density at radius 1 is 0.266 bits per heavy atom. The number of hydrogen-bond acceptors (Lipinski definition) is 6. The maximum atomic E-state index is 12.9. The molecule has 0 amide bonds. The van der Waals surface area contributed by atoms with Crippen molar-refractivity contribution in [1.82, 2.24) is 0 Å². The van der Waals surface area contributed by atoms with Gasteiger partial charge in [0.15, 0.2) is 6.10 Å². The van der Waals surface area contributed by atoms with E-state index in [-0.39, 0.29) is 37.5 Å². The standard InChI is InChI=1S/C73H114O6/c1-4-7-10-13-16-19-22-25-28-30-31-32-33-34-35-36-37-38-39-40-41-43-45-48-51-54-57-60-63-66-72(75)78-69-70(68-77-71(74)65-62-59-56-53-50-47-44-27-24-21-18-15-12-9-6-3)79-73(76)67-64-61-58-55-52-49-46-42-29-26-23-20-17-14-11-8-5-2/h7-8,10-11,16-21,25-29,31-32,34-35,37-38,40-41,44-45,48,54,57,70H,4-6,9,12-15,22-24,30,33,36,39,42-43,46-47,49-53,55-56,58-69H2,1-3H3/b10-7-,11-8-,19-16-,20-17-,21-18-,28-25-,29-26-,32-31-,35-34-,38-37-,41-40-,44-27-,48-45-,57-54-. The number of rotatable bonds is 55. The lowest BCUT2D eigenvalue weighted by molar-refractivity contribution is -0.167. The van der Waals surface area contributed by atoms with E-state index in [4.69, 9.17) is 14.2 Å². The zero-order chi connectivity index (χ0) is 57.1. The fraction of sp³-hybridized carbons (Fsp3) is 0.575. The van der Waals surface area contributed by atoms with Gasteiger partial charge in [0, 0.05) is 19.3 Å². The SMILES string of the molecule is CC/C=C\C/C=C\C/C=C\C/C=C\C/C=C\C/C=C\C/C=C\C/C=C\C/C=C\CCCC(=O)OCC(COC(=O)CCCCCCC/C=C\C/C=C\CCCCC)OC(=O)CCCCCCCCC/C=C\C/C=C\C/C=C\CC. The summed E-state index contributed by atoms with van der Waals surface area (Å²) in [6, 6.07) is 0. The third-order valence-corrected chi connectivity index (χ3v) is 12.7. The van der Waals surface area contributed by atoms with Gasteiger partial charge < -0.3 is 14.2 Å². The molecule has 0 spiro atoms. The van der Waals surface area contributed by atoms with Crippen molar-refractivity contribution in [2.45, 2.75) is 258 Å². The molecule has 0 N–H and O–H groups in total. The smallest absolute Gasteiger partial charge is 0.306 e.